The fraction of sp³-hybridized carbons (Fsp3) is 0.0588. The zero-order valence-corrected chi connectivity index (χ0v) is 12.6. The quantitative estimate of drug-likeness (QED) is 0.530. The summed E-state index contributed by atoms with van der Waals surface area (Å²) in [4.78, 5) is 20.7. The number of hydrogen-bond donors (Lipinski definition) is 0. The van der Waals surface area contributed by atoms with Gasteiger partial charge < -0.3 is 4.74 Å². The van der Waals surface area contributed by atoms with Gasteiger partial charge in [-0.15, -0.1) is 0 Å². The van der Waals surface area contributed by atoms with Crippen molar-refractivity contribution in [3.8, 4) is 17.0 Å². The number of halogens is 1. The molecule has 2 aromatic heterocycles. The molecule has 0 aliphatic rings. The monoisotopic (exact) mass is 322 g/mol. The summed E-state index contributed by atoms with van der Waals surface area (Å²) in [5.74, 6) is 0.284. The van der Waals surface area contributed by atoms with Crippen LogP contribution in [0.3, 0.4) is 0 Å². The Kier molecular flexibility index (Phi) is 3.19. The second-order valence-corrected chi connectivity index (χ2v) is 5.17. The Morgan fingerprint density at radius 2 is 1.92 bits per heavy atom. The third-order valence-corrected chi connectivity index (χ3v) is 3.71. The lowest BCUT2D eigenvalue weighted by atomic mass is 10.1. The second-order valence-electron chi connectivity index (χ2n) is 5.17. The number of fused-ring (bicyclic) bond motifs is 3. The molecule has 24 heavy (non-hydrogen) atoms. The van der Waals surface area contributed by atoms with E-state index in [2.05, 4.69) is 15.1 Å². The Bertz CT molecular complexity index is 1120. The van der Waals surface area contributed by atoms with Crippen molar-refractivity contribution in [1.29, 1.82) is 0 Å². The maximum atomic E-state index is 13.3. The first kappa shape index (κ1) is 14.3. The molecule has 118 valence electrons. The van der Waals surface area contributed by atoms with Crippen molar-refractivity contribution in [2.45, 2.75) is 0 Å². The summed E-state index contributed by atoms with van der Waals surface area (Å²) in [5, 5.41) is 4.88. The Morgan fingerprint density at radius 3 is 2.67 bits per heavy atom. The van der Waals surface area contributed by atoms with Crippen molar-refractivity contribution < 1.29 is 9.13 Å². The topological polar surface area (TPSA) is 69.4 Å². The summed E-state index contributed by atoms with van der Waals surface area (Å²) >= 11 is 0. The highest BCUT2D eigenvalue weighted by atomic mass is 19.1. The Balaban J connectivity index is 1.95. The van der Waals surface area contributed by atoms with Crippen LogP contribution in [0.5, 0.6) is 5.75 Å². The molecule has 0 saturated heterocycles. The first-order chi connectivity index (χ1) is 11.7. The average molecular weight is 322 g/mol. The zero-order valence-electron chi connectivity index (χ0n) is 12.6. The van der Waals surface area contributed by atoms with Gasteiger partial charge in [0.1, 0.15) is 17.9 Å². The maximum absolute atomic E-state index is 13.3. The first-order valence-corrected chi connectivity index (χ1v) is 7.15. The molecule has 4 rings (SSSR count). The number of rotatable bonds is 2. The highest BCUT2D eigenvalue weighted by Gasteiger charge is 2.11. The zero-order chi connectivity index (χ0) is 16.7. The highest BCUT2D eigenvalue weighted by Crippen LogP contribution is 2.20. The molecule has 2 heterocycles. The number of methoxy groups -OCH3 is 1. The van der Waals surface area contributed by atoms with Gasteiger partial charge in [0.15, 0.2) is 11.3 Å². The average Bonchev–Trinajstić information content (AvgIpc) is 2.61. The molecule has 0 N–H and O–H groups in total. The van der Waals surface area contributed by atoms with E-state index in [4.69, 9.17) is 4.74 Å². The SMILES string of the molecule is COc1ccc(-c2nn3cnc4cc(F)ccc4c3nc2=O)cc1. The van der Waals surface area contributed by atoms with Crippen molar-refractivity contribution in [3.63, 3.8) is 0 Å². The van der Waals surface area contributed by atoms with Crippen LogP contribution in [-0.2, 0) is 0 Å². The number of benzene rings is 2. The lowest BCUT2D eigenvalue weighted by molar-refractivity contribution is 0.415. The van der Waals surface area contributed by atoms with E-state index in [9.17, 15) is 9.18 Å². The van der Waals surface area contributed by atoms with E-state index in [0.29, 0.717) is 27.9 Å². The Hall–Kier alpha value is -3.35. The Labute approximate surface area is 135 Å². The summed E-state index contributed by atoms with van der Waals surface area (Å²) < 4.78 is 19.8. The molecular formula is C17H11FN4O2. The molecule has 0 spiro atoms. The van der Waals surface area contributed by atoms with E-state index >= 15 is 0 Å². The third-order valence-electron chi connectivity index (χ3n) is 3.71. The summed E-state index contributed by atoms with van der Waals surface area (Å²) in [6.07, 6.45) is 1.41. The first-order valence-electron chi connectivity index (χ1n) is 7.15. The number of aromatic nitrogens is 4. The van der Waals surface area contributed by atoms with Crippen LogP contribution in [0.1, 0.15) is 0 Å². The molecule has 0 saturated carbocycles. The normalized spacial score (nSPS) is 11.1. The highest BCUT2D eigenvalue weighted by molar-refractivity contribution is 5.90. The van der Waals surface area contributed by atoms with Gasteiger partial charge in [-0.05, 0) is 36.4 Å². The van der Waals surface area contributed by atoms with Crippen molar-refractivity contribution in [1.82, 2.24) is 19.6 Å². The van der Waals surface area contributed by atoms with Crippen LogP contribution < -0.4 is 10.3 Å². The smallest absolute Gasteiger partial charge is 0.300 e. The Morgan fingerprint density at radius 1 is 1.12 bits per heavy atom. The van der Waals surface area contributed by atoms with Crippen LogP contribution in [-0.4, -0.2) is 26.7 Å². The van der Waals surface area contributed by atoms with Crippen molar-refractivity contribution in [2.24, 2.45) is 0 Å². The van der Waals surface area contributed by atoms with E-state index in [-0.39, 0.29) is 5.69 Å². The fourth-order valence-corrected chi connectivity index (χ4v) is 2.51. The van der Waals surface area contributed by atoms with E-state index in [0.717, 1.165) is 0 Å². The minimum atomic E-state index is -0.461. The molecule has 7 heteroatoms. The molecule has 0 amide bonds. The van der Waals surface area contributed by atoms with Gasteiger partial charge in [-0.1, -0.05) is 0 Å². The van der Waals surface area contributed by atoms with Crippen LogP contribution in [0.2, 0.25) is 0 Å². The molecule has 0 fully saturated rings. The summed E-state index contributed by atoms with van der Waals surface area (Å²) in [6.45, 7) is 0. The fourth-order valence-electron chi connectivity index (χ4n) is 2.51. The lowest BCUT2D eigenvalue weighted by Gasteiger charge is -2.06. The predicted octanol–water partition coefficient (Wildman–Crippen LogP) is 2.45. The van der Waals surface area contributed by atoms with E-state index in [1.165, 1.54) is 29.0 Å². The van der Waals surface area contributed by atoms with Gasteiger partial charge in [0, 0.05) is 17.0 Å². The van der Waals surface area contributed by atoms with Crippen LogP contribution in [0.25, 0.3) is 27.8 Å². The predicted molar refractivity (Wildman–Crippen MR) is 86.5 cm³/mol. The number of ether oxygens (including phenoxy) is 1. The van der Waals surface area contributed by atoms with Crippen LogP contribution in [0, 0.1) is 5.82 Å². The van der Waals surface area contributed by atoms with Gasteiger partial charge in [0.05, 0.1) is 12.6 Å². The molecule has 0 unspecified atom stereocenters. The molecule has 0 radical (unpaired) electrons. The largest absolute Gasteiger partial charge is 0.497 e. The summed E-state index contributed by atoms with van der Waals surface area (Å²) in [6, 6.07) is 11.1. The van der Waals surface area contributed by atoms with Crippen LogP contribution in [0.15, 0.2) is 53.6 Å². The van der Waals surface area contributed by atoms with Crippen LogP contribution >= 0.6 is 0 Å². The summed E-state index contributed by atoms with van der Waals surface area (Å²) in [7, 11) is 1.57. The standard InChI is InChI=1S/C17H11FN4O2/c1-24-12-5-2-10(3-6-12)15-17(23)20-16-13-7-4-11(18)8-14(13)19-9-22(16)21-15/h2-9H,1H3. The van der Waals surface area contributed by atoms with Gasteiger partial charge in [-0.2, -0.15) is 10.1 Å². The van der Waals surface area contributed by atoms with Crippen molar-refractivity contribution >= 4 is 16.6 Å². The minimum absolute atomic E-state index is 0.207. The van der Waals surface area contributed by atoms with Gasteiger partial charge in [0.2, 0.25) is 0 Å². The van der Waals surface area contributed by atoms with Crippen LogP contribution in [0.4, 0.5) is 4.39 Å². The van der Waals surface area contributed by atoms with Gasteiger partial charge in [0.25, 0.3) is 5.56 Å². The molecule has 0 atom stereocenters. The molecule has 0 aliphatic carbocycles. The molecule has 6 nitrogen and oxygen atoms in total. The lowest BCUT2D eigenvalue weighted by Crippen LogP contribution is -2.16. The molecular weight excluding hydrogens is 311 g/mol. The van der Waals surface area contributed by atoms with E-state index < -0.39 is 11.4 Å². The van der Waals surface area contributed by atoms with E-state index in [1.807, 2.05) is 0 Å². The number of hydrogen-bond acceptors (Lipinski definition) is 5. The number of nitrogens with zero attached hydrogens (tertiary/aromatic N) is 4. The second kappa shape index (κ2) is 5.38. The molecule has 2 aromatic carbocycles. The van der Waals surface area contributed by atoms with Gasteiger partial charge in [-0.3, -0.25) is 4.79 Å². The maximum Gasteiger partial charge on any atom is 0.300 e. The molecule has 0 aliphatic heterocycles. The molecule has 0 bridgehead atoms. The van der Waals surface area contributed by atoms with Gasteiger partial charge >= 0.3 is 0 Å². The molecule has 4 aromatic rings. The third kappa shape index (κ3) is 2.26. The summed E-state index contributed by atoms with van der Waals surface area (Å²) in [5.41, 5.74) is 1.13. The van der Waals surface area contributed by atoms with Crippen molar-refractivity contribution in [2.75, 3.05) is 7.11 Å². The minimum Gasteiger partial charge on any atom is -0.497 e. The van der Waals surface area contributed by atoms with Gasteiger partial charge in [-0.25, -0.2) is 13.9 Å². The van der Waals surface area contributed by atoms with Crippen molar-refractivity contribution in [3.05, 3.63) is 65.0 Å². The van der Waals surface area contributed by atoms with E-state index in [1.54, 1.807) is 31.4 Å².